The van der Waals surface area contributed by atoms with E-state index in [4.69, 9.17) is 23.8 Å². The van der Waals surface area contributed by atoms with E-state index in [-0.39, 0.29) is 10.6 Å². The monoisotopic (exact) mass is 183 g/mol. The van der Waals surface area contributed by atoms with Crippen molar-refractivity contribution in [3.8, 4) is 12.3 Å². The van der Waals surface area contributed by atoms with E-state index >= 15 is 0 Å². The van der Waals surface area contributed by atoms with E-state index < -0.39 is 11.9 Å². The zero-order valence-corrected chi connectivity index (χ0v) is 6.98. The summed E-state index contributed by atoms with van der Waals surface area (Å²) in [6, 6.07) is 3.55. The van der Waals surface area contributed by atoms with Crippen LogP contribution in [0, 0.1) is 18.2 Å². The lowest BCUT2D eigenvalue weighted by molar-refractivity contribution is 0.604. The molecule has 0 saturated heterocycles. The number of rotatable bonds is 1. The van der Waals surface area contributed by atoms with Crippen molar-refractivity contribution in [1.29, 1.82) is 0 Å². The number of terminal acetylenes is 1. The van der Waals surface area contributed by atoms with Crippen LogP contribution in [-0.2, 0) is 0 Å². The van der Waals surface area contributed by atoms with Gasteiger partial charge in [-0.3, -0.25) is 0 Å². The molecular weight excluding hydrogens is 177 g/mol. The van der Waals surface area contributed by atoms with E-state index in [0.29, 0.717) is 0 Å². The molecule has 0 saturated carbocycles. The zero-order chi connectivity index (χ0) is 9.14. The summed E-state index contributed by atoms with van der Waals surface area (Å²) in [5.41, 5.74) is 5.62. The molecule has 0 radical (unpaired) electrons. The summed E-state index contributed by atoms with van der Waals surface area (Å²) in [5.74, 6) is 1.75. The highest BCUT2D eigenvalue weighted by Gasteiger charge is 2.11. The van der Waals surface area contributed by atoms with Crippen molar-refractivity contribution >= 4 is 11.6 Å². The number of benzene rings is 1. The molecule has 1 aromatic carbocycles. The molecule has 0 aliphatic heterocycles. The fourth-order valence-corrected chi connectivity index (χ4v) is 1.17. The second-order valence-electron chi connectivity index (χ2n) is 2.28. The molecule has 1 atom stereocenters. The first-order valence-electron chi connectivity index (χ1n) is 3.32. The largest absolute Gasteiger partial charge is 0.314 e. The Morgan fingerprint density at radius 2 is 2.25 bits per heavy atom. The number of nitrogens with two attached hydrogens (primary N) is 1. The van der Waals surface area contributed by atoms with E-state index in [2.05, 4.69) is 5.92 Å². The van der Waals surface area contributed by atoms with Gasteiger partial charge in [-0.1, -0.05) is 23.6 Å². The van der Waals surface area contributed by atoms with Crippen LogP contribution in [0.4, 0.5) is 4.39 Å². The van der Waals surface area contributed by atoms with Gasteiger partial charge in [-0.2, -0.15) is 0 Å². The van der Waals surface area contributed by atoms with Gasteiger partial charge < -0.3 is 5.73 Å². The minimum absolute atomic E-state index is 0.182. The fourth-order valence-electron chi connectivity index (χ4n) is 0.891. The van der Waals surface area contributed by atoms with Crippen molar-refractivity contribution < 1.29 is 4.39 Å². The van der Waals surface area contributed by atoms with Crippen molar-refractivity contribution in [2.45, 2.75) is 6.04 Å². The highest BCUT2D eigenvalue weighted by molar-refractivity contribution is 6.31. The normalized spacial score (nSPS) is 12.2. The molecule has 0 aliphatic rings. The van der Waals surface area contributed by atoms with Crippen LogP contribution in [0.1, 0.15) is 11.6 Å². The highest BCUT2D eigenvalue weighted by atomic mass is 35.5. The van der Waals surface area contributed by atoms with Crippen LogP contribution in [0.3, 0.4) is 0 Å². The third-order valence-corrected chi connectivity index (χ3v) is 1.82. The summed E-state index contributed by atoms with van der Waals surface area (Å²) in [4.78, 5) is 0. The standard InChI is InChI=1S/C9H7ClFN/c1-2-8(12)9-6(10)4-3-5-7(9)11/h1,3-5,8H,12H2. The highest BCUT2D eigenvalue weighted by Crippen LogP contribution is 2.23. The molecule has 0 aliphatic carbocycles. The van der Waals surface area contributed by atoms with E-state index in [1.54, 1.807) is 6.07 Å². The molecule has 0 fully saturated rings. The van der Waals surface area contributed by atoms with Gasteiger partial charge in [0.2, 0.25) is 0 Å². The van der Waals surface area contributed by atoms with Crippen molar-refractivity contribution in [3.05, 3.63) is 34.6 Å². The van der Waals surface area contributed by atoms with Crippen LogP contribution in [0.15, 0.2) is 18.2 Å². The minimum atomic E-state index is -0.779. The number of halogens is 2. The molecule has 0 amide bonds. The Hall–Kier alpha value is -1.04. The number of hydrogen-bond donors (Lipinski definition) is 1. The average Bonchev–Trinajstić information content (AvgIpc) is 2.03. The van der Waals surface area contributed by atoms with Gasteiger partial charge >= 0.3 is 0 Å². The molecule has 0 aromatic heterocycles. The maximum atomic E-state index is 13.0. The lowest BCUT2D eigenvalue weighted by Gasteiger charge is -2.07. The molecule has 0 heterocycles. The smallest absolute Gasteiger partial charge is 0.130 e. The maximum absolute atomic E-state index is 13.0. The third-order valence-electron chi connectivity index (χ3n) is 1.49. The Bertz CT molecular complexity index is 310. The molecule has 0 spiro atoms. The van der Waals surface area contributed by atoms with Crippen LogP contribution < -0.4 is 5.73 Å². The summed E-state index contributed by atoms with van der Waals surface area (Å²) in [6.07, 6.45) is 5.04. The lowest BCUT2D eigenvalue weighted by atomic mass is 10.1. The zero-order valence-electron chi connectivity index (χ0n) is 6.22. The van der Waals surface area contributed by atoms with E-state index in [9.17, 15) is 4.39 Å². The Balaban J connectivity index is 3.23. The van der Waals surface area contributed by atoms with Gasteiger partial charge in [0.25, 0.3) is 0 Å². The Labute approximate surface area is 75.3 Å². The molecule has 12 heavy (non-hydrogen) atoms. The Morgan fingerprint density at radius 3 is 2.75 bits per heavy atom. The predicted molar refractivity (Wildman–Crippen MR) is 47.2 cm³/mol. The van der Waals surface area contributed by atoms with Gasteiger partial charge in [0.15, 0.2) is 0 Å². The van der Waals surface area contributed by atoms with Gasteiger partial charge in [-0.15, -0.1) is 6.42 Å². The second-order valence-corrected chi connectivity index (χ2v) is 2.69. The molecule has 1 nitrogen and oxygen atoms in total. The summed E-state index contributed by atoms with van der Waals surface area (Å²) in [6.45, 7) is 0. The minimum Gasteiger partial charge on any atom is -0.314 e. The molecule has 3 heteroatoms. The molecule has 62 valence electrons. The van der Waals surface area contributed by atoms with E-state index in [1.165, 1.54) is 12.1 Å². The Kier molecular flexibility index (Phi) is 2.69. The van der Waals surface area contributed by atoms with E-state index in [1.807, 2.05) is 0 Å². The Morgan fingerprint density at radius 1 is 1.58 bits per heavy atom. The SMILES string of the molecule is C#CC(N)c1c(F)cccc1Cl. The predicted octanol–water partition coefficient (Wildman–Crippen LogP) is 2.11. The first-order chi connectivity index (χ1) is 5.66. The quantitative estimate of drug-likeness (QED) is 0.664. The maximum Gasteiger partial charge on any atom is 0.130 e. The summed E-state index contributed by atoms with van der Waals surface area (Å²) in [7, 11) is 0. The van der Waals surface area contributed by atoms with Crippen LogP contribution in [0.2, 0.25) is 5.02 Å². The van der Waals surface area contributed by atoms with Gasteiger partial charge in [0.1, 0.15) is 5.82 Å². The molecule has 1 rings (SSSR count). The first kappa shape index (κ1) is 9.05. The molecule has 0 bridgehead atoms. The van der Waals surface area contributed by atoms with Crippen LogP contribution in [0.5, 0.6) is 0 Å². The van der Waals surface area contributed by atoms with Crippen molar-refractivity contribution in [2.24, 2.45) is 5.73 Å². The summed E-state index contributed by atoms with van der Waals surface area (Å²) >= 11 is 5.69. The van der Waals surface area contributed by atoms with Gasteiger partial charge in [0, 0.05) is 10.6 Å². The lowest BCUT2D eigenvalue weighted by Crippen LogP contribution is -2.09. The summed E-state index contributed by atoms with van der Waals surface area (Å²) in [5, 5.41) is 0.264. The van der Waals surface area contributed by atoms with Crippen LogP contribution in [0.25, 0.3) is 0 Å². The van der Waals surface area contributed by atoms with Crippen molar-refractivity contribution in [3.63, 3.8) is 0 Å². The van der Waals surface area contributed by atoms with E-state index in [0.717, 1.165) is 0 Å². The molecular formula is C9H7ClFN. The molecule has 1 unspecified atom stereocenters. The number of hydrogen-bond acceptors (Lipinski definition) is 1. The third kappa shape index (κ3) is 1.58. The van der Waals surface area contributed by atoms with Crippen molar-refractivity contribution in [1.82, 2.24) is 0 Å². The topological polar surface area (TPSA) is 26.0 Å². The second kappa shape index (κ2) is 3.57. The molecule has 2 N–H and O–H groups in total. The van der Waals surface area contributed by atoms with Gasteiger partial charge in [-0.05, 0) is 12.1 Å². The average molecular weight is 184 g/mol. The molecule has 1 aromatic rings. The van der Waals surface area contributed by atoms with Crippen LogP contribution in [-0.4, -0.2) is 0 Å². The fraction of sp³-hybridized carbons (Fsp3) is 0.111. The van der Waals surface area contributed by atoms with Crippen molar-refractivity contribution in [2.75, 3.05) is 0 Å². The van der Waals surface area contributed by atoms with Crippen LogP contribution >= 0.6 is 11.6 Å². The van der Waals surface area contributed by atoms with Gasteiger partial charge in [-0.25, -0.2) is 4.39 Å². The first-order valence-corrected chi connectivity index (χ1v) is 3.70. The summed E-state index contributed by atoms with van der Waals surface area (Å²) < 4.78 is 13.0. The van der Waals surface area contributed by atoms with Gasteiger partial charge in [0.05, 0.1) is 6.04 Å².